The molecule has 1 atom stereocenters. The van der Waals surface area contributed by atoms with Gasteiger partial charge in [0.05, 0.1) is 0 Å². The lowest BCUT2D eigenvalue weighted by molar-refractivity contribution is -0.141. The van der Waals surface area contributed by atoms with E-state index in [9.17, 15) is 9.59 Å². The van der Waals surface area contributed by atoms with Gasteiger partial charge in [0.2, 0.25) is 11.8 Å². The molecule has 0 aromatic heterocycles. The number of hydrogen-bond acceptors (Lipinski definition) is 2. The van der Waals surface area contributed by atoms with E-state index in [0.29, 0.717) is 19.4 Å². The predicted octanol–water partition coefficient (Wildman–Crippen LogP) is 5.56. The van der Waals surface area contributed by atoms with Gasteiger partial charge in [-0.1, -0.05) is 69.3 Å². The van der Waals surface area contributed by atoms with Crippen LogP contribution in [0.5, 0.6) is 0 Å². The summed E-state index contributed by atoms with van der Waals surface area (Å²) in [6.07, 6.45) is 1.02. The highest BCUT2D eigenvalue weighted by Crippen LogP contribution is 2.23. The number of rotatable bonds is 7. The van der Waals surface area contributed by atoms with Crippen LogP contribution < -0.4 is 5.32 Å². The normalized spacial score (nSPS) is 12.9. The molecule has 0 saturated heterocycles. The third-order valence-corrected chi connectivity index (χ3v) is 5.71. The zero-order valence-electron chi connectivity index (χ0n) is 21.1. The lowest BCUT2D eigenvalue weighted by atomic mass is 9.86. The lowest BCUT2D eigenvalue weighted by Crippen LogP contribution is -2.52. The average Bonchev–Trinajstić information content (AvgIpc) is 2.69. The third-order valence-electron chi connectivity index (χ3n) is 5.71. The molecule has 0 unspecified atom stereocenters. The van der Waals surface area contributed by atoms with Crippen molar-refractivity contribution in [1.29, 1.82) is 0 Å². The Kier molecular flexibility index (Phi) is 8.28. The van der Waals surface area contributed by atoms with E-state index >= 15 is 0 Å². The molecule has 1 N–H and O–H groups in total. The van der Waals surface area contributed by atoms with Gasteiger partial charge in [0.15, 0.2) is 0 Å². The van der Waals surface area contributed by atoms with E-state index in [4.69, 9.17) is 0 Å². The summed E-state index contributed by atoms with van der Waals surface area (Å²) in [5, 5.41) is 3.02. The maximum Gasteiger partial charge on any atom is 0.242 e. The van der Waals surface area contributed by atoms with Gasteiger partial charge < -0.3 is 10.2 Å². The zero-order chi connectivity index (χ0) is 24.1. The minimum absolute atomic E-state index is 0.00953. The first kappa shape index (κ1) is 25.6. The molecule has 0 saturated carbocycles. The Hall–Kier alpha value is -2.62. The first-order chi connectivity index (χ1) is 14.8. The minimum atomic E-state index is -0.551. The molecule has 0 aliphatic heterocycles. The summed E-state index contributed by atoms with van der Waals surface area (Å²) in [7, 11) is 0. The Morgan fingerprint density at radius 2 is 1.53 bits per heavy atom. The molecular weight excluding hydrogens is 396 g/mol. The van der Waals surface area contributed by atoms with Crippen LogP contribution in [0, 0.1) is 6.92 Å². The van der Waals surface area contributed by atoms with Crippen LogP contribution in [0.1, 0.15) is 77.1 Å². The van der Waals surface area contributed by atoms with Gasteiger partial charge in [-0.25, -0.2) is 0 Å². The largest absolute Gasteiger partial charge is 0.350 e. The van der Waals surface area contributed by atoms with Crippen molar-refractivity contribution >= 4 is 11.8 Å². The molecule has 2 aromatic rings. The number of amides is 2. The lowest BCUT2D eigenvalue weighted by Gasteiger charge is -2.32. The second-order valence-electron chi connectivity index (χ2n) is 10.8. The van der Waals surface area contributed by atoms with Gasteiger partial charge in [-0.15, -0.1) is 0 Å². The highest BCUT2D eigenvalue weighted by Gasteiger charge is 2.28. The number of nitrogens with one attached hydrogen (secondary N) is 1. The third kappa shape index (κ3) is 7.51. The molecule has 4 heteroatoms. The monoisotopic (exact) mass is 436 g/mol. The highest BCUT2D eigenvalue weighted by molar-refractivity contribution is 5.87. The summed E-state index contributed by atoms with van der Waals surface area (Å²) in [4.78, 5) is 27.9. The molecule has 0 fully saturated rings. The Balaban J connectivity index is 2.17. The Morgan fingerprint density at radius 1 is 0.938 bits per heavy atom. The molecule has 4 nitrogen and oxygen atoms in total. The molecule has 0 aliphatic carbocycles. The molecule has 2 aromatic carbocycles. The molecule has 2 rings (SSSR count). The quantitative estimate of drug-likeness (QED) is 0.618. The minimum Gasteiger partial charge on any atom is -0.350 e. The van der Waals surface area contributed by atoms with E-state index in [0.717, 1.165) is 16.7 Å². The summed E-state index contributed by atoms with van der Waals surface area (Å²) in [5.74, 6) is -0.140. The maximum absolute atomic E-state index is 13.3. The van der Waals surface area contributed by atoms with Crippen molar-refractivity contribution in [2.75, 3.05) is 0 Å². The van der Waals surface area contributed by atoms with Crippen molar-refractivity contribution in [1.82, 2.24) is 10.2 Å². The number of benzene rings is 2. The molecule has 0 radical (unpaired) electrons. The first-order valence-corrected chi connectivity index (χ1v) is 11.5. The van der Waals surface area contributed by atoms with Crippen molar-refractivity contribution in [3.8, 4) is 0 Å². The Labute approximate surface area is 194 Å². The summed E-state index contributed by atoms with van der Waals surface area (Å²) >= 11 is 0. The molecular formula is C28H40N2O2. The number of aryl methyl sites for hydroxylation is 2. The van der Waals surface area contributed by atoms with E-state index in [1.165, 1.54) is 5.56 Å². The van der Waals surface area contributed by atoms with Gasteiger partial charge in [-0.05, 0) is 68.7 Å². The first-order valence-electron chi connectivity index (χ1n) is 11.5. The molecule has 174 valence electrons. The Bertz CT molecular complexity index is 918. The van der Waals surface area contributed by atoms with Crippen molar-refractivity contribution in [3.05, 3.63) is 70.8 Å². The van der Waals surface area contributed by atoms with E-state index in [-0.39, 0.29) is 22.8 Å². The van der Waals surface area contributed by atoms with Crippen LogP contribution in [0.4, 0.5) is 0 Å². The Morgan fingerprint density at radius 3 is 2.06 bits per heavy atom. The van der Waals surface area contributed by atoms with E-state index in [1.807, 2.05) is 58.9 Å². The summed E-state index contributed by atoms with van der Waals surface area (Å²) < 4.78 is 0. The van der Waals surface area contributed by atoms with Gasteiger partial charge in [-0.2, -0.15) is 0 Å². The van der Waals surface area contributed by atoms with Crippen LogP contribution in [0.2, 0.25) is 0 Å². The number of carbonyl (C=O) groups excluding carboxylic acids is 2. The SMILES string of the molecule is Cc1ccccc1CN(C(=O)CCc1ccc(C(C)(C)C)cc1)[C@H](C)C(=O)NC(C)(C)C. The predicted molar refractivity (Wildman–Crippen MR) is 133 cm³/mol. The number of nitrogens with zero attached hydrogens (tertiary/aromatic N) is 1. The summed E-state index contributed by atoms with van der Waals surface area (Å²) in [6.45, 7) is 16.7. The average molecular weight is 437 g/mol. The fraction of sp³-hybridized carbons (Fsp3) is 0.500. The van der Waals surface area contributed by atoms with Crippen LogP contribution in [-0.2, 0) is 28.0 Å². The van der Waals surface area contributed by atoms with Gasteiger partial charge in [-0.3, -0.25) is 9.59 Å². The second kappa shape index (κ2) is 10.3. The van der Waals surface area contributed by atoms with Crippen LogP contribution >= 0.6 is 0 Å². The van der Waals surface area contributed by atoms with Crippen LogP contribution in [-0.4, -0.2) is 28.3 Å². The van der Waals surface area contributed by atoms with E-state index in [1.54, 1.807) is 4.90 Å². The molecule has 0 heterocycles. The highest BCUT2D eigenvalue weighted by atomic mass is 16.2. The van der Waals surface area contributed by atoms with E-state index < -0.39 is 6.04 Å². The van der Waals surface area contributed by atoms with Crippen molar-refractivity contribution in [2.24, 2.45) is 0 Å². The molecule has 0 aliphatic rings. The van der Waals surface area contributed by atoms with Crippen molar-refractivity contribution < 1.29 is 9.59 Å². The molecule has 32 heavy (non-hydrogen) atoms. The zero-order valence-corrected chi connectivity index (χ0v) is 21.1. The summed E-state index contributed by atoms with van der Waals surface area (Å²) in [6, 6.07) is 16.0. The van der Waals surface area contributed by atoms with E-state index in [2.05, 4.69) is 50.4 Å². The smallest absolute Gasteiger partial charge is 0.242 e. The number of carbonyl (C=O) groups is 2. The molecule has 0 bridgehead atoms. The van der Waals surface area contributed by atoms with Gasteiger partial charge in [0.1, 0.15) is 6.04 Å². The fourth-order valence-electron chi connectivity index (χ4n) is 3.59. The van der Waals surface area contributed by atoms with Crippen LogP contribution in [0.3, 0.4) is 0 Å². The van der Waals surface area contributed by atoms with Crippen molar-refractivity contribution in [3.63, 3.8) is 0 Å². The topological polar surface area (TPSA) is 49.4 Å². The van der Waals surface area contributed by atoms with Gasteiger partial charge in [0, 0.05) is 18.5 Å². The van der Waals surface area contributed by atoms with Crippen molar-refractivity contribution in [2.45, 2.75) is 91.8 Å². The van der Waals surface area contributed by atoms with Gasteiger partial charge in [0.25, 0.3) is 0 Å². The molecule has 0 spiro atoms. The second-order valence-corrected chi connectivity index (χ2v) is 10.8. The molecule has 2 amide bonds. The van der Waals surface area contributed by atoms with Crippen LogP contribution in [0.25, 0.3) is 0 Å². The van der Waals surface area contributed by atoms with Gasteiger partial charge >= 0.3 is 0 Å². The fourth-order valence-corrected chi connectivity index (χ4v) is 3.59. The van der Waals surface area contributed by atoms with Crippen LogP contribution in [0.15, 0.2) is 48.5 Å². The number of hydrogen-bond donors (Lipinski definition) is 1. The maximum atomic E-state index is 13.3. The standard InChI is InChI=1S/C28H40N2O2/c1-20-11-9-10-12-23(20)19-30(21(2)26(32)29-28(6,7)8)25(31)18-15-22-13-16-24(17-14-22)27(3,4)5/h9-14,16-17,21H,15,18-19H2,1-8H3,(H,29,32)/t21-/m1/s1. The summed E-state index contributed by atoms with van der Waals surface area (Å²) in [5.41, 5.74) is 4.35.